The minimum atomic E-state index is 0.410. The van der Waals surface area contributed by atoms with Crippen LogP contribution in [0.15, 0.2) is 42.6 Å². The maximum atomic E-state index is 3.52. The maximum Gasteiger partial charge on any atom is 0.0497 e. The molecule has 1 N–H and O–H groups in total. The van der Waals surface area contributed by atoms with E-state index in [4.69, 9.17) is 0 Å². The monoisotopic (exact) mass is 198 g/mol. The number of para-hydroxylation sites is 1. The van der Waals surface area contributed by atoms with E-state index < -0.39 is 0 Å². The Hall–Kier alpha value is -1.54. The first-order valence-electron chi connectivity index (χ1n) is 5.35. The van der Waals surface area contributed by atoms with Crippen LogP contribution in [0.4, 0.5) is 0 Å². The first-order chi connectivity index (χ1) is 7.36. The molecule has 1 unspecified atom stereocenters. The van der Waals surface area contributed by atoms with E-state index in [1.54, 1.807) is 0 Å². The van der Waals surface area contributed by atoms with Gasteiger partial charge in [0.2, 0.25) is 0 Å². The first kappa shape index (κ1) is 8.74. The molecule has 0 aliphatic carbocycles. The minimum absolute atomic E-state index is 0.410. The van der Waals surface area contributed by atoms with Gasteiger partial charge in [-0.15, -0.1) is 0 Å². The van der Waals surface area contributed by atoms with Crippen LogP contribution >= 0.6 is 0 Å². The van der Waals surface area contributed by atoms with Crippen molar-refractivity contribution in [1.82, 2.24) is 9.88 Å². The Morgan fingerprint density at radius 1 is 1.20 bits per heavy atom. The molecule has 0 saturated carbocycles. The van der Waals surface area contributed by atoms with Gasteiger partial charge in [0.25, 0.3) is 0 Å². The topological polar surface area (TPSA) is 17.0 Å². The van der Waals surface area contributed by atoms with E-state index in [1.807, 2.05) is 0 Å². The predicted molar refractivity (Wildman–Crippen MR) is 61.0 cm³/mol. The number of hydrogen-bond acceptors (Lipinski definition) is 1. The van der Waals surface area contributed by atoms with Crippen LogP contribution in [0, 0.1) is 0 Å². The molecule has 0 bridgehead atoms. The van der Waals surface area contributed by atoms with Crippen LogP contribution < -0.4 is 5.32 Å². The van der Waals surface area contributed by atoms with Crippen molar-refractivity contribution < 1.29 is 0 Å². The number of aromatic nitrogens is 1. The van der Waals surface area contributed by atoms with E-state index in [1.165, 1.54) is 16.9 Å². The molecule has 2 heteroatoms. The zero-order chi connectivity index (χ0) is 10.3. The summed E-state index contributed by atoms with van der Waals surface area (Å²) < 4.78 is 2.28. The lowest BCUT2D eigenvalue weighted by molar-refractivity contribution is 0.569. The first-order valence-corrected chi connectivity index (χ1v) is 5.35. The van der Waals surface area contributed by atoms with Crippen molar-refractivity contribution in [2.75, 3.05) is 0 Å². The molecule has 3 rings (SSSR count). The highest BCUT2D eigenvalue weighted by atomic mass is 15.1. The molecule has 15 heavy (non-hydrogen) atoms. The lowest BCUT2D eigenvalue weighted by atomic mass is 10.2. The standard InChI is InChI=1S/C13H14N2/c1-10-12-7-4-8-15(12)13-6-3-2-5-11(13)9-14-10/h2-8,10,14H,9H2,1H3. The molecule has 0 spiro atoms. The Bertz CT molecular complexity index is 485. The molecule has 1 aromatic heterocycles. The second-order valence-electron chi connectivity index (χ2n) is 4.03. The van der Waals surface area contributed by atoms with Crippen LogP contribution in [0.5, 0.6) is 0 Å². The fourth-order valence-electron chi connectivity index (χ4n) is 2.23. The van der Waals surface area contributed by atoms with Gasteiger partial charge in [0.15, 0.2) is 0 Å². The summed E-state index contributed by atoms with van der Waals surface area (Å²) >= 11 is 0. The SMILES string of the molecule is CC1NCc2ccccc2-n2cccc21. The van der Waals surface area contributed by atoms with Crippen molar-refractivity contribution in [3.05, 3.63) is 53.9 Å². The van der Waals surface area contributed by atoms with Crippen LogP contribution in [0.2, 0.25) is 0 Å². The quantitative estimate of drug-likeness (QED) is 0.688. The maximum absolute atomic E-state index is 3.52. The van der Waals surface area contributed by atoms with Gasteiger partial charge in [0.05, 0.1) is 0 Å². The van der Waals surface area contributed by atoms with Gasteiger partial charge in [-0.2, -0.15) is 0 Å². The number of nitrogens with zero attached hydrogens (tertiary/aromatic N) is 1. The van der Waals surface area contributed by atoms with Gasteiger partial charge in [0, 0.05) is 30.2 Å². The summed E-state index contributed by atoms with van der Waals surface area (Å²) in [5.41, 5.74) is 3.99. The van der Waals surface area contributed by atoms with E-state index in [2.05, 4.69) is 59.4 Å². The summed E-state index contributed by atoms with van der Waals surface area (Å²) in [5, 5.41) is 3.52. The fourth-order valence-corrected chi connectivity index (χ4v) is 2.23. The van der Waals surface area contributed by atoms with Gasteiger partial charge in [-0.25, -0.2) is 0 Å². The van der Waals surface area contributed by atoms with E-state index in [-0.39, 0.29) is 0 Å². The van der Waals surface area contributed by atoms with Crippen LogP contribution in [-0.4, -0.2) is 4.57 Å². The summed E-state index contributed by atoms with van der Waals surface area (Å²) in [4.78, 5) is 0. The fraction of sp³-hybridized carbons (Fsp3) is 0.231. The summed E-state index contributed by atoms with van der Waals surface area (Å²) in [6.07, 6.45) is 2.14. The van der Waals surface area contributed by atoms with E-state index in [0.717, 1.165) is 6.54 Å². The van der Waals surface area contributed by atoms with Crippen LogP contribution in [-0.2, 0) is 6.54 Å². The third-order valence-electron chi connectivity index (χ3n) is 3.07. The smallest absolute Gasteiger partial charge is 0.0497 e. The zero-order valence-corrected chi connectivity index (χ0v) is 8.77. The Balaban J connectivity index is 2.26. The Morgan fingerprint density at radius 2 is 2.07 bits per heavy atom. The summed E-state index contributed by atoms with van der Waals surface area (Å²) in [5.74, 6) is 0. The van der Waals surface area contributed by atoms with Crippen molar-refractivity contribution in [3.8, 4) is 5.69 Å². The van der Waals surface area contributed by atoms with Gasteiger partial charge in [-0.1, -0.05) is 18.2 Å². The van der Waals surface area contributed by atoms with Crippen molar-refractivity contribution in [2.24, 2.45) is 0 Å². The highest BCUT2D eigenvalue weighted by Crippen LogP contribution is 2.25. The molecule has 0 radical (unpaired) electrons. The molecule has 0 amide bonds. The second kappa shape index (κ2) is 3.24. The van der Waals surface area contributed by atoms with Crippen molar-refractivity contribution in [1.29, 1.82) is 0 Å². The molecule has 2 heterocycles. The summed E-state index contributed by atoms with van der Waals surface area (Å²) in [6, 6.07) is 13.3. The van der Waals surface area contributed by atoms with Gasteiger partial charge in [0.1, 0.15) is 0 Å². The van der Waals surface area contributed by atoms with E-state index in [0.29, 0.717) is 6.04 Å². The molecular weight excluding hydrogens is 184 g/mol. The molecule has 1 aliphatic heterocycles. The van der Waals surface area contributed by atoms with Gasteiger partial charge < -0.3 is 9.88 Å². The lowest BCUT2D eigenvalue weighted by Crippen LogP contribution is -2.16. The third-order valence-corrected chi connectivity index (χ3v) is 3.07. The Labute approximate surface area is 89.5 Å². The van der Waals surface area contributed by atoms with Crippen LogP contribution in [0.25, 0.3) is 5.69 Å². The molecule has 1 aliphatic rings. The molecule has 0 fully saturated rings. The van der Waals surface area contributed by atoms with Gasteiger partial charge in [-0.05, 0) is 30.7 Å². The van der Waals surface area contributed by atoms with Gasteiger partial charge in [-0.3, -0.25) is 0 Å². The lowest BCUT2D eigenvalue weighted by Gasteiger charge is -2.11. The number of rotatable bonds is 0. The predicted octanol–water partition coefficient (Wildman–Crippen LogP) is 2.64. The molecule has 0 saturated heterocycles. The molecule has 1 aromatic carbocycles. The van der Waals surface area contributed by atoms with Crippen molar-refractivity contribution in [2.45, 2.75) is 19.5 Å². The molecule has 1 atom stereocenters. The van der Waals surface area contributed by atoms with Crippen molar-refractivity contribution in [3.63, 3.8) is 0 Å². The van der Waals surface area contributed by atoms with E-state index >= 15 is 0 Å². The summed E-state index contributed by atoms with van der Waals surface area (Å²) in [7, 11) is 0. The Kier molecular flexibility index (Phi) is 1.89. The normalized spacial score (nSPS) is 19.1. The number of fused-ring (bicyclic) bond motifs is 3. The zero-order valence-electron chi connectivity index (χ0n) is 8.77. The number of nitrogens with one attached hydrogen (secondary N) is 1. The largest absolute Gasteiger partial charge is 0.319 e. The third kappa shape index (κ3) is 1.29. The van der Waals surface area contributed by atoms with E-state index in [9.17, 15) is 0 Å². The van der Waals surface area contributed by atoms with Crippen molar-refractivity contribution >= 4 is 0 Å². The number of hydrogen-bond donors (Lipinski definition) is 1. The minimum Gasteiger partial charge on any atom is -0.319 e. The average molecular weight is 198 g/mol. The average Bonchev–Trinajstić information content (AvgIpc) is 2.71. The summed E-state index contributed by atoms with van der Waals surface area (Å²) in [6.45, 7) is 3.15. The molecular formula is C13H14N2. The number of benzene rings is 1. The molecule has 2 aromatic rings. The highest BCUT2D eigenvalue weighted by molar-refractivity contribution is 5.44. The Morgan fingerprint density at radius 3 is 3.00 bits per heavy atom. The van der Waals surface area contributed by atoms with Crippen LogP contribution in [0.3, 0.4) is 0 Å². The second-order valence-corrected chi connectivity index (χ2v) is 4.03. The molecule has 2 nitrogen and oxygen atoms in total. The molecule has 76 valence electrons. The highest BCUT2D eigenvalue weighted by Gasteiger charge is 2.16. The van der Waals surface area contributed by atoms with Crippen LogP contribution in [0.1, 0.15) is 24.2 Å². The van der Waals surface area contributed by atoms with Gasteiger partial charge >= 0.3 is 0 Å².